The molecule has 2 N–H and O–H groups in total. The third kappa shape index (κ3) is 4.15. The van der Waals surface area contributed by atoms with Gasteiger partial charge in [0.15, 0.2) is 0 Å². The first-order valence-electron chi connectivity index (χ1n) is 8.74. The van der Waals surface area contributed by atoms with Crippen molar-refractivity contribution in [2.45, 2.75) is 6.92 Å². The molecule has 2 aromatic carbocycles. The average molecular weight is 427 g/mol. The zero-order valence-corrected chi connectivity index (χ0v) is 17.3. The second-order valence-corrected chi connectivity index (χ2v) is 9.35. The van der Waals surface area contributed by atoms with Crippen molar-refractivity contribution < 1.29 is 13.2 Å². The number of benzene rings is 2. The van der Waals surface area contributed by atoms with E-state index in [0.717, 1.165) is 27.9 Å². The van der Waals surface area contributed by atoms with Gasteiger partial charge in [0.05, 0.1) is 28.2 Å². The smallest absolute Gasteiger partial charge is 0.265 e. The summed E-state index contributed by atoms with van der Waals surface area (Å²) >= 11 is 1.36. The Morgan fingerprint density at radius 3 is 2.48 bits per heavy atom. The third-order valence-corrected chi connectivity index (χ3v) is 5.91. The minimum atomic E-state index is -3.39. The lowest BCUT2D eigenvalue weighted by molar-refractivity contribution is 0.103. The Bertz CT molecular complexity index is 1310. The van der Waals surface area contributed by atoms with E-state index in [4.69, 9.17) is 0 Å². The Morgan fingerprint density at radius 1 is 1.03 bits per heavy atom. The summed E-state index contributed by atoms with van der Waals surface area (Å²) < 4.78 is 27.0. The first-order chi connectivity index (χ1) is 13.8. The van der Waals surface area contributed by atoms with Crippen LogP contribution in [0.1, 0.15) is 15.4 Å². The maximum Gasteiger partial charge on any atom is 0.265 e. The predicted octanol–water partition coefficient (Wildman–Crippen LogP) is 4.02. The molecule has 1 amide bonds. The molecule has 0 unspecified atom stereocenters. The van der Waals surface area contributed by atoms with Crippen LogP contribution in [0, 0.1) is 6.92 Å². The van der Waals surface area contributed by atoms with E-state index >= 15 is 0 Å². The van der Waals surface area contributed by atoms with Gasteiger partial charge in [-0.3, -0.25) is 9.52 Å². The van der Waals surface area contributed by atoms with Crippen LogP contribution >= 0.6 is 11.3 Å². The number of carbonyl (C=O) groups is 1. The number of fused-ring (bicyclic) bond motifs is 1. The molecule has 0 spiro atoms. The van der Waals surface area contributed by atoms with Crippen LogP contribution in [0.4, 0.5) is 11.4 Å². The second kappa shape index (κ2) is 7.34. The summed E-state index contributed by atoms with van der Waals surface area (Å²) in [4.78, 5) is 14.2. The number of nitrogens with one attached hydrogen (secondary N) is 2. The number of thiophene rings is 1. The molecule has 2 aromatic heterocycles. The maximum atomic E-state index is 12.8. The zero-order chi connectivity index (χ0) is 20.6. The van der Waals surface area contributed by atoms with Crippen LogP contribution in [0.2, 0.25) is 0 Å². The number of rotatable bonds is 5. The van der Waals surface area contributed by atoms with Crippen LogP contribution in [0.3, 0.4) is 0 Å². The molecule has 0 aliphatic heterocycles. The van der Waals surface area contributed by atoms with Crippen molar-refractivity contribution in [2.75, 3.05) is 16.3 Å². The van der Waals surface area contributed by atoms with E-state index in [2.05, 4.69) is 15.1 Å². The molecular weight excluding hydrogens is 408 g/mol. The number of hydrogen-bond donors (Lipinski definition) is 2. The van der Waals surface area contributed by atoms with Crippen molar-refractivity contribution in [1.29, 1.82) is 0 Å². The van der Waals surface area contributed by atoms with E-state index in [0.29, 0.717) is 16.3 Å². The third-order valence-electron chi connectivity index (χ3n) is 4.19. The number of aryl methyl sites for hydroxylation is 1. The number of anilines is 2. The zero-order valence-electron chi connectivity index (χ0n) is 15.7. The van der Waals surface area contributed by atoms with Crippen LogP contribution in [0.5, 0.6) is 0 Å². The maximum absolute atomic E-state index is 12.8. The van der Waals surface area contributed by atoms with Crippen molar-refractivity contribution in [1.82, 2.24) is 9.78 Å². The molecule has 0 aliphatic carbocycles. The summed E-state index contributed by atoms with van der Waals surface area (Å²) in [5, 5.41) is 8.33. The van der Waals surface area contributed by atoms with Crippen molar-refractivity contribution in [3.05, 3.63) is 71.2 Å². The van der Waals surface area contributed by atoms with E-state index in [1.54, 1.807) is 24.3 Å². The molecule has 0 saturated carbocycles. The van der Waals surface area contributed by atoms with E-state index in [1.807, 2.05) is 48.0 Å². The highest BCUT2D eigenvalue weighted by Crippen LogP contribution is 2.31. The summed E-state index contributed by atoms with van der Waals surface area (Å²) in [5.74, 6) is -0.262. The topological polar surface area (TPSA) is 93.1 Å². The SMILES string of the molecule is Cc1nn(-c2ccccc2)c2sc(C(=O)Nc3cccc(NS(C)(=O)=O)c3)cc12. The first-order valence-corrected chi connectivity index (χ1v) is 11.4. The molecule has 4 rings (SSSR count). The molecule has 7 nitrogen and oxygen atoms in total. The van der Waals surface area contributed by atoms with Gasteiger partial charge in [0.2, 0.25) is 10.0 Å². The fraction of sp³-hybridized carbons (Fsp3) is 0.100. The molecule has 29 heavy (non-hydrogen) atoms. The summed E-state index contributed by atoms with van der Waals surface area (Å²) in [6.07, 6.45) is 1.08. The van der Waals surface area contributed by atoms with E-state index < -0.39 is 10.0 Å². The van der Waals surface area contributed by atoms with Gasteiger partial charge in [-0.2, -0.15) is 5.10 Å². The molecule has 0 aliphatic rings. The summed E-state index contributed by atoms with van der Waals surface area (Å²) in [7, 11) is -3.39. The molecule has 9 heteroatoms. The van der Waals surface area contributed by atoms with Gasteiger partial charge in [0.25, 0.3) is 5.91 Å². The average Bonchev–Trinajstić information content (AvgIpc) is 3.22. The summed E-state index contributed by atoms with van der Waals surface area (Å²) in [6, 6.07) is 18.1. The summed E-state index contributed by atoms with van der Waals surface area (Å²) in [5.41, 5.74) is 2.66. The largest absolute Gasteiger partial charge is 0.321 e. The number of aromatic nitrogens is 2. The molecule has 4 aromatic rings. The highest BCUT2D eigenvalue weighted by atomic mass is 32.2. The van der Waals surface area contributed by atoms with Crippen molar-refractivity contribution >= 4 is 48.9 Å². The van der Waals surface area contributed by atoms with Crippen LogP contribution < -0.4 is 10.0 Å². The van der Waals surface area contributed by atoms with E-state index in [9.17, 15) is 13.2 Å². The number of amides is 1. The Hall–Kier alpha value is -3.17. The monoisotopic (exact) mass is 426 g/mol. The summed E-state index contributed by atoms with van der Waals surface area (Å²) in [6.45, 7) is 1.91. The Morgan fingerprint density at radius 2 is 1.76 bits per heavy atom. The molecule has 0 bridgehead atoms. The van der Waals surface area contributed by atoms with Gasteiger partial charge in [-0.05, 0) is 43.3 Å². The van der Waals surface area contributed by atoms with Crippen molar-refractivity contribution in [2.24, 2.45) is 0 Å². The van der Waals surface area contributed by atoms with Gasteiger partial charge in [0, 0.05) is 11.1 Å². The standard InChI is InChI=1S/C20H18N4O3S2/c1-13-17-12-18(28-20(17)24(22-13)16-9-4-3-5-10-16)19(25)21-14-7-6-8-15(11-14)23-29(2,26)27/h3-12,23H,1-2H3,(H,21,25). The normalized spacial score (nSPS) is 11.5. The number of carbonyl (C=O) groups excluding carboxylic acids is 1. The molecule has 0 atom stereocenters. The second-order valence-electron chi connectivity index (χ2n) is 6.57. The lowest BCUT2D eigenvalue weighted by atomic mass is 10.2. The van der Waals surface area contributed by atoms with Gasteiger partial charge in [-0.1, -0.05) is 24.3 Å². The number of para-hydroxylation sites is 1. The lowest BCUT2D eigenvalue weighted by Gasteiger charge is -2.07. The number of nitrogens with zero attached hydrogens (tertiary/aromatic N) is 2. The molecule has 0 saturated heterocycles. The quantitative estimate of drug-likeness (QED) is 0.504. The molecule has 0 radical (unpaired) electrons. The van der Waals surface area contributed by atoms with Crippen molar-refractivity contribution in [3.8, 4) is 5.69 Å². The molecule has 0 fully saturated rings. The van der Waals surface area contributed by atoms with Gasteiger partial charge in [-0.25, -0.2) is 13.1 Å². The number of sulfonamides is 1. The Labute approximate surface area is 172 Å². The minimum absolute atomic E-state index is 0.262. The fourth-order valence-corrected chi connectivity index (χ4v) is 4.60. The highest BCUT2D eigenvalue weighted by molar-refractivity contribution is 7.92. The fourth-order valence-electron chi connectivity index (χ4n) is 2.97. The van der Waals surface area contributed by atoms with E-state index in [-0.39, 0.29) is 5.91 Å². The van der Waals surface area contributed by atoms with Gasteiger partial charge in [0.1, 0.15) is 4.83 Å². The van der Waals surface area contributed by atoms with Crippen molar-refractivity contribution in [3.63, 3.8) is 0 Å². The van der Waals surface area contributed by atoms with E-state index in [1.165, 1.54) is 11.3 Å². The van der Waals surface area contributed by atoms with Gasteiger partial charge in [-0.15, -0.1) is 11.3 Å². The molecular formula is C20H18N4O3S2. The molecule has 148 valence electrons. The van der Waals surface area contributed by atoms with Crippen LogP contribution in [0.25, 0.3) is 15.9 Å². The Kier molecular flexibility index (Phi) is 4.85. The van der Waals surface area contributed by atoms with Gasteiger partial charge < -0.3 is 5.32 Å². The molecule has 2 heterocycles. The van der Waals surface area contributed by atoms with Crippen LogP contribution in [-0.2, 0) is 10.0 Å². The minimum Gasteiger partial charge on any atom is -0.321 e. The predicted molar refractivity (Wildman–Crippen MR) is 117 cm³/mol. The lowest BCUT2D eigenvalue weighted by Crippen LogP contribution is -2.12. The van der Waals surface area contributed by atoms with Crippen LogP contribution in [-0.4, -0.2) is 30.4 Å². The van der Waals surface area contributed by atoms with Gasteiger partial charge >= 0.3 is 0 Å². The first kappa shape index (κ1) is 19.2. The Balaban J connectivity index is 1.62. The van der Waals surface area contributed by atoms with Crippen LogP contribution in [0.15, 0.2) is 60.7 Å². The number of hydrogen-bond acceptors (Lipinski definition) is 5. The highest BCUT2D eigenvalue weighted by Gasteiger charge is 2.17.